The van der Waals surface area contributed by atoms with Crippen LogP contribution in [-0.4, -0.2) is 0 Å². The monoisotopic (exact) mass is 209 g/mol. The SMILES string of the molecule is Cc1cc(C)cc(C2(C#N)C=CC=CC2)c1. The van der Waals surface area contributed by atoms with E-state index in [4.69, 9.17) is 0 Å². The summed E-state index contributed by atoms with van der Waals surface area (Å²) in [6.07, 6.45) is 8.79. The number of rotatable bonds is 1. The fraction of sp³-hybridized carbons (Fsp3) is 0.267. The summed E-state index contributed by atoms with van der Waals surface area (Å²) in [6, 6.07) is 8.81. The third kappa shape index (κ3) is 1.79. The fourth-order valence-electron chi connectivity index (χ4n) is 2.21. The Labute approximate surface area is 96.7 Å². The van der Waals surface area contributed by atoms with E-state index in [0.29, 0.717) is 0 Å². The van der Waals surface area contributed by atoms with Gasteiger partial charge in [-0.25, -0.2) is 0 Å². The van der Waals surface area contributed by atoms with Crippen LogP contribution in [0, 0.1) is 25.2 Å². The van der Waals surface area contributed by atoms with Gasteiger partial charge in [-0.1, -0.05) is 53.6 Å². The molecule has 0 saturated heterocycles. The van der Waals surface area contributed by atoms with Crippen LogP contribution in [0.5, 0.6) is 0 Å². The number of aryl methyl sites for hydroxylation is 2. The van der Waals surface area contributed by atoms with E-state index in [1.165, 1.54) is 11.1 Å². The molecule has 1 aliphatic carbocycles. The summed E-state index contributed by atoms with van der Waals surface area (Å²) in [5, 5.41) is 9.44. The average Bonchev–Trinajstić information content (AvgIpc) is 2.28. The van der Waals surface area contributed by atoms with Gasteiger partial charge in [-0.15, -0.1) is 0 Å². The summed E-state index contributed by atoms with van der Waals surface area (Å²) in [4.78, 5) is 0. The molecule has 1 heteroatoms. The molecule has 0 aliphatic heterocycles. The maximum atomic E-state index is 9.44. The Morgan fingerprint density at radius 3 is 2.31 bits per heavy atom. The van der Waals surface area contributed by atoms with Gasteiger partial charge in [0.2, 0.25) is 0 Å². The fourth-order valence-corrected chi connectivity index (χ4v) is 2.21. The maximum Gasteiger partial charge on any atom is 0.104 e. The number of hydrogen-bond donors (Lipinski definition) is 0. The summed E-state index contributed by atoms with van der Waals surface area (Å²) < 4.78 is 0. The zero-order valence-electron chi connectivity index (χ0n) is 9.70. The van der Waals surface area contributed by atoms with Crippen molar-refractivity contribution < 1.29 is 0 Å². The van der Waals surface area contributed by atoms with Gasteiger partial charge in [0, 0.05) is 0 Å². The topological polar surface area (TPSA) is 23.8 Å². The van der Waals surface area contributed by atoms with Gasteiger partial charge in [0.1, 0.15) is 5.41 Å². The molecule has 0 N–H and O–H groups in total. The van der Waals surface area contributed by atoms with Crippen molar-refractivity contribution in [1.82, 2.24) is 0 Å². The van der Waals surface area contributed by atoms with Crippen molar-refractivity contribution in [3.05, 3.63) is 59.2 Å². The molecule has 0 spiro atoms. The second-order valence-corrected chi connectivity index (χ2v) is 4.45. The van der Waals surface area contributed by atoms with Crippen molar-refractivity contribution in [2.75, 3.05) is 0 Å². The van der Waals surface area contributed by atoms with Crippen molar-refractivity contribution in [2.24, 2.45) is 0 Å². The second-order valence-electron chi connectivity index (χ2n) is 4.45. The van der Waals surface area contributed by atoms with E-state index in [1.807, 2.05) is 18.2 Å². The standard InChI is InChI=1S/C15H15N/c1-12-8-13(2)10-14(9-12)15(11-16)6-4-3-5-7-15/h3-6,8-10H,7H2,1-2H3. The van der Waals surface area contributed by atoms with Crippen LogP contribution in [0.25, 0.3) is 0 Å². The van der Waals surface area contributed by atoms with Crippen LogP contribution in [0.3, 0.4) is 0 Å². The van der Waals surface area contributed by atoms with Gasteiger partial charge in [0.05, 0.1) is 6.07 Å². The number of nitrogens with zero attached hydrogens (tertiary/aromatic N) is 1. The smallest absolute Gasteiger partial charge is 0.104 e. The highest BCUT2D eigenvalue weighted by atomic mass is 14.4. The third-order valence-electron chi connectivity index (χ3n) is 3.00. The zero-order valence-corrected chi connectivity index (χ0v) is 9.70. The lowest BCUT2D eigenvalue weighted by atomic mass is 9.76. The van der Waals surface area contributed by atoms with E-state index in [9.17, 15) is 5.26 Å². The first-order chi connectivity index (χ1) is 7.66. The van der Waals surface area contributed by atoms with Gasteiger partial charge >= 0.3 is 0 Å². The lowest BCUT2D eigenvalue weighted by Gasteiger charge is -2.24. The Kier molecular flexibility index (Phi) is 2.66. The van der Waals surface area contributed by atoms with Crippen LogP contribution in [-0.2, 0) is 5.41 Å². The van der Waals surface area contributed by atoms with E-state index in [2.05, 4.69) is 44.2 Å². The molecule has 1 unspecified atom stereocenters. The predicted octanol–water partition coefficient (Wildman–Crippen LogP) is 3.58. The van der Waals surface area contributed by atoms with Gasteiger partial charge < -0.3 is 0 Å². The van der Waals surface area contributed by atoms with Gasteiger partial charge in [-0.05, 0) is 25.8 Å². The summed E-state index contributed by atoms with van der Waals surface area (Å²) in [6.45, 7) is 4.15. The highest BCUT2D eigenvalue weighted by Gasteiger charge is 2.29. The number of allylic oxidation sites excluding steroid dienone is 4. The molecule has 2 rings (SSSR count). The minimum atomic E-state index is -0.467. The van der Waals surface area contributed by atoms with Gasteiger partial charge in [0.15, 0.2) is 0 Å². The van der Waals surface area contributed by atoms with Crippen molar-refractivity contribution >= 4 is 0 Å². The minimum Gasteiger partial charge on any atom is -0.197 e. The lowest BCUT2D eigenvalue weighted by molar-refractivity contribution is 0.689. The van der Waals surface area contributed by atoms with Crippen LogP contribution in [0.2, 0.25) is 0 Å². The van der Waals surface area contributed by atoms with Crippen molar-refractivity contribution in [3.63, 3.8) is 0 Å². The largest absolute Gasteiger partial charge is 0.197 e. The molecule has 1 aromatic carbocycles. The number of nitriles is 1. The Morgan fingerprint density at radius 1 is 1.12 bits per heavy atom. The maximum absolute atomic E-state index is 9.44. The van der Waals surface area contributed by atoms with Crippen LogP contribution in [0.4, 0.5) is 0 Å². The molecule has 0 fully saturated rings. The van der Waals surface area contributed by atoms with Crippen LogP contribution < -0.4 is 0 Å². The molecule has 0 amide bonds. The summed E-state index contributed by atoms with van der Waals surface area (Å²) >= 11 is 0. The zero-order chi connectivity index (χ0) is 11.6. The summed E-state index contributed by atoms with van der Waals surface area (Å²) in [7, 11) is 0. The molecular formula is C15H15N. The number of benzene rings is 1. The molecule has 1 aromatic rings. The third-order valence-corrected chi connectivity index (χ3v) is 3.00. The van der Waals surface area contributed by atoms with Crippen molar-refractivity contribution in [1.29, 1.82) is 5.26 Å². The first-order valence-electron chi connectivity index (χ1n) is 5.51. The Hall–Kier alpha value is -1.81. The minimum absolute atomic E-state index is 0.467. The van der Waals surface area contributed by atoms with Crippen LogP contribution in [0.15, 0.2) is 42.5 Å². The molecule has 0 saturated carbocycles. The lowest BCUT2D eigenvalue weighted by Crippen LogP contribution is -2.22. The van der Waals surface area contributed by atoms with Gasteiger partial charge in [-0.3, -0.25) is 0 Å². The van der Waals surface area contributed by atoms with Gasteiger partial charge in [0.25, 0.3) is 0 Å². The van der Waals surface area contributed by atoms with Gasteiger partial charge in [-0.2, -0.15) is 5.26 Å². The molecule has 80 valence electrons. The molecule has 1 atom stereocenters. The van der Waals surface area contributed by atoms with E-state index < -0.39 is 5.41 Å². The molecule has 0 bridgehead atoms. The number of hydrogen-bond acceptors (Lipinski definition) is 1. The molecular weight excluding hydrogens is 194 g/mol. The van der Waals surface area contributed by atoms with Crippen LogP contribution >= 0.6 is 0 Å². The van der Waals surface area contributed by atoms with E-state index >= 15 is 0 Å². The molecule has 0 heterocycles. The van der Waals surface area contributed by atoms with E-state index in [0.717, 1.165) is 12.0 Å². The average molecular weight is 209 g/mol. The molecule has 0 radical (unpaired) electrons. The Morgan fingerprint density at radius 2 is 1.81 bits per heavy atom. The Balaban J connectivity index is 2.53. The quantitative estimate of drug-likeness (QED) is 0.693. The molecule has 1 nitrogen and oxygen atoms in total. The van der Waals surface area contributed by atoms with Crippen molar-refractivity contribution in [2.45, 2.75) is 25.7 Å². The highest BCUT2D eigenvalue weighted by molar-refractivity contribution is 5.45. The normalized spacial score (nSPS) is 23.1. The van der Waals surface area contributed by atoms with Crippen molar-refractivity contribution in [3.8, 4) is 6.07 Å². The highest BCUT2D eigenvalue weighted by Crippen LogP contribution is 2.33. The predicted molar refractivity (Wildman–Crippen MR) is 66.1 cm³/mol. The Bertz CT molecular complexity index is 482. The molecule has 1 aliphatic rings. The summed E-state index contributed by atoms with van der Waals surface area (Å²) in [5.41, 5.74) is 3.07. The summed E-state index contributed by atoms with van der Waals surface area (Å²) in [5.74, 6) is 0. The first kappa shape index (κ1) is 10.7. The van der Waals surface area contributed by atoms with E-state index in [1.54, 1.807) is 0 Å². The second kappa shape index (κ2) is 3.98. The molecule has 0 aromatic heterocycles. The first-order valence-corrected chi connectivity index (χ1v) is 5.51. The van der Waals surface area contributed by atoms with E-state index in [-0.39, 0.29) is 0 Å². The van der Waals surface area contributed by atoms with Crippen LogP contribution in [0.1, 0.15) is 23.1 Å². The molecule has 16 heavy (non-hydrogen) atoms.